The van der Waals surface area contributed by atoms with Crippen LogP contribution in [0.2, 0.25) is 0 Å². The Morgan fingerprint density at radius 3 is 2.67 bits per heavy atom. The highest BCUT2D eigenvalue weighted by atomic mass is 127. The highest BCUT2D eigenvalue weighted by molar-refractivity contribution is 14.0. The Balaban J connectivity index is 0.00000261. The van der Waals surface area contributed by atoms with Crippen molar-refractivity contribution >= 4 is 29.9 Å². The van der Waals surface area contributed by atoms with Crippen molar-refractivity contribution in [3.63, 3.8) is 0 Å². The molecule has 3 atom stereocenters. The van der Waals surface area contributed by atoms with E-state index in [4.69, 9.17) is 14.5 Å². The molecule has 2 heterocycles. The Kier molecular flexibility index (Phi) is 7.80. The van der Waals surface area contributed by atoms with Gasteiger partial charge in [-0.2, -0.15) is 0 Å². The maximum absolute atomic E-state index is 6.15. The molecule has 0 aromatic heterocycles. The smallest absolute Gasteiger partial charge is 0.191 e. The van der Waals surface area contributed by atoms with Crippen LogP contribution in [0.3, 0.4) is 0 Å². The van der Waals surface area contributed by atoms with Crippen LogP contribution in [0.25, 0.3) is 0 Å². The summed E-state index contributed by atoms with van der Waals surface area (Å²) in [4.78, 5) is 4.81. The minimum absolute atomic E-state index is 0. The summed E-state index contributed by atoms with van der Waals surface area (Å²) in [6, 6.07) is 6.70. The van der Waals surface area contributed by atoms with Crippen LogP contribution in [0, 0.1) is 6.92 Å². The van der Waals surface area contributed by atoms with Crippen molar-refractivity contribution in [2.75, 3.05) is 6.54 Å². The first-order valence-electron chi connectivity index (χ1n) is 9.83. The molecule has 1 aromatic carbocycles. The first-order chi connectivity index (χ1) is 12.3. The molecule has 2 fully saturated rings. The fourth-order valence-electron chi connectivity index (χ4n) is 3.67. The van der Waals surface area contributed by atoms with Gasteiger partial charge in [-0.05, 0) is 65.5 Å². The summed E-state index contributed by atoms with van der Waals surface area (Å²) in [6.45, 7) is 11.8. The summed E-state index contributed by atoms with van der Waals surface area (Å²) in [5, 5.41) is 6.93. The van der Waals surface area contributed by atoms with E-state index in [1.54, 1.807) is 0 Å². The number of aliphatic imine (C=N–C) groups is 1. The van der Waals surface area contributed by atoms with Gasteiger partial charge in [0.2, 0.25) is 0 Å². The SMILES string of the molecule is CCNC(=NCc1ccc(C)cc1OC(C)(C)C)NC1CC2CCC1O2.I. The molecule has 2 N–H and O–H groups in total. The minimum Gasteiger partial charge on any atom is -0.488 e. The molecule has 2 aliphatic heterocycles. The number of nitrogens with zero attached hydrogens (tertiary/aromatic N) is 1. The van der Waals surface area contributed by atoms with E-state index in [1.807, 2.05) is 0 Å². The van der Waals surface area contributed by atoms with Crippen molar-refractivity contribution in [1.29, 1.82) is 0 Å². The lowest BCUT2D eigenvalue weighted by molar-refractivity contribution is 0.0992. The first-order valence-corrected chi connectivity index (χ1v) is 9.83. The highest BCUT2D eigenvalue weighted by Crippen LogP contribution is 2.34. The molecule has 2 aliphatic rings. The molecule has 0 amide bonds. The van der Waals surface area contributed by atoms with Gasteiger partial charge in [-0.3, -0.25) is 0 Å². The summed E-state index contributed by atoms with van der Waals surface area (Å²) in [5.74, 6) is 1.77. The van der Waals surface area contributed by atoms with Crippen molar-refractivity contribution in [2.24, 2.45) is 4.99 Å². The number of benzene rings is 1. The predicted molar refractivity (Wildman–Crippen MR) is 121 cm³/mol. The van der Waals surface area contributed by atoms with Crippen LogP contribution in [0.5, 0.6) is 5.75 Å². The average molecular weight is 487 g/mol. The zero-order valence-corrected chi connectivity index (χ0v) is 19.5. The van der Waals surface area contributed by atoms with Crippen molar-refractivity contribution in [2.45, 2.75) is 84.3 Å². The van der Waals surface area contributed by atoms with Gasteiger partial charge in [0.05, 0.1) is 24.8 Å². The van der Waals surface area contributed by atoms with E-state index in [0.717, 1.165) is 36.7 Å². The van der Waals surface area contributed by atoms with E-state index in [1.165, 1.54) is 12.0 Å². The predicted octanol–water partition coefficient (Wildman–Crippen LogP) is 4.17. The second kappa shape index (κ2) is 9.45. The second-order valence-electron chi connectivity index (χ2n) is 8.38. The molecule has 152 valence electrons. The monoisotopic (exact) mass is 487 g/mol. The van der Waals surface area contributed by atoms with Gasteiger partial charge in [0.1, 0.15) is 11.4 Å². The van der Waals surface area contributed by atoms with Crippen molar-refractivity contribution < 1.29 is 9.47 Å². The zero-order chi connectivity index (χ0) is 18.7. The molecular formula is C21H34IN3O2. The molecule has 0 aliphatic carbocycles. The van der Waals surface area contributed by atoms with E-state index in [0.29, 0.717) is 24.8 Å². The molecule has 3 unspecified atom stereocenters. The van der Waals surface area contributed by atoms with Crippen LogP contribution in [0.1, 0.15) is 58.1 Å². The van der Waals surface area contributed by atoms with Crippen LogP contribution < -0.4 is 15.4 Å². The molecular weight excluding hydrogens is 453 g/mol. The van der Waals surface area contributed by atoms with Gasteiger partial charge >= 0.3 is 0 Å². The van der Waals surface area contributed by atoms with Crippen LogP contribution in [-0.2, 0) is 11.3 Å². The third-order valence-corrected chi connectivity index (χ3v) is 4.82. The van der Waals surface area contributed by atoms with Crippen molar-refractivity contribution in [3.05, 3.63) is 29.3 Å². The fraction of sp³-hybridized carbons (Fsp3) is 0.667. The quantitative estimate of drug-likeness (QED) is 0.372. The van der Waals surface area contributed by atoms with E-state index >= 15 is 0 Å². The number of ether oxygens (including phenoxy) is 2. The van der Waals surface area contributed by atoms with Crippen molar-refractivity contribution in [3.8, 4) is 5.75 Å². The topological polar surface area (TPSA) is 54.9 Å². The van der Waals surface area contributed by atoms with Crippen LogP contribution >= 0.6 is 24.0 Å². The standard InChI is InChI=1S/C21H33N3O2.HI/c1-6-22-20(24-17-12-16-9-10-18(17)25-16)23-13-15-8-7-14(2)11-19(15)26-21(3,4)5;/h7-8,11,16-18H,6,9-10,12-13H2,1-5H3,(H2,22,23,24);1H. The molecule has 5 nitrogen and oxygen atoms in total. The Morgan fingerprint density at radius 2 is 2.07 bits per heavy atom. The summed E-state index contributed by atoms with van der Waals surface area (Å²) < 4.78 is 12.1. The third-order valence-electron chi connectivity index (χ3n) is 4.82. The number of rotatable bonds is 5. The van der Waals surface area contributed by atoms with Gasteiger partial charge in [0.15, 0.2) is 5.96 Å². The van der Waals surface area contributed by atoms with Gasteiger partial charge in [-0.15, -0.1) is 24.0 Å². The van der Waals surface area contributed by atoms with Crippen LogP contribution in [-0.4, -0.2) is 36.4 Å². The Labute approximate surface area is 180 Å². The number of guanidine groups is 1. The third kappa shape index (κ3) is 6.24. The number of hydrogen-bond acceptors (Lipinski definition) is 3. The molecule has 2 bridgehead atoms. The lowest BCUT2D eigenvalue weighted by Gasteiger charge is -2.24. The number of nitrogens with one attached hydrogen (secondary N) is 2. The number of fused-ring (bicyclic) bond motifs is 2. The first kappa shape index (κ1) is 22.3. The molecule has 2 saturated heterocycles. The molecule has 1 aromatic rings. The normalized spacial score (nSPS) is 24.5. The Morgan fingerprint density at radius 1 is 1.30 bits per heavy atom. The maximum atomic E-state index is 6.15. The zero-order valence-electron chi connectivity index (χ0n) is 17.2. The molecule has 27 heavy (non-hydrogen) atoms. The van der Waals surface area contributed by atoms with Gasteiger partial charge in [-0.25, -0.2) is 4.99 Å². The number of halogens is 1. The maximum Gasteiger partial charge on any atom is 0.191 e. The van der Waals surface area contributed by atoms with E-state index in [9.17, 15) is 0 Å². The van der Waals surface area contributed by atoms with E-state index < -0.39 is 0 Å². The van der Waals surface area contributed by atoms with Crippen LogP contribution in [0.15, 0.2) is 23.2 Å². The average Bonchev–Trinajstić information content (AvgIpc) is 3.15. The minimum atomic E-state index is -0.227. The highest BCUT2D eigenvalue weighted by Gasteiger charge is 2.41. The molecule has 0 saturated carbocycles. The summed E-state index contributed by atoms with van der Waals surface area (Å²) in [5.41, 5.74) is 2.07. The molecule has 0 spiro atoms. The lowest BCUT2D eigenvalue weighted by Crippen LogP contribution is -2.47. The molecule has 3 rings (SSSR count). The van der Waals surface area contributed by atoms with E-state index in [2.05, 4.69) is 63.5 Å². The second-order valence-corrected chi connectivity index (χ2v) is 8.38. The van der Waals surface area contributed by atoms with Crippen molar-refractivity contribution in [1.82, 2.24) is 10.6 Å². The summed E-state index contributed by atoms with van der Waals surface area (Å²) in [6.07, 6.45) is 4.21. The Hall–Kier alpha value is -1.02. The lowest BCUT2D eigenvalue weighted by atomic mass is 9.96. The molecule has 0 radical (unpaired) electrons. The Bertz CT molecular complexity index is 657. The van der Waals surface area contributed by atoms with Gasteiger partial charge in [0.25, 0.3) is 0 Å². The summed E-state index contributed by atoms with van der Waals surface area (Å²) >= 11 is 0. The number of aryl methyl sites for hydroxylation is 1. The van der Waals surface area contributed by atoms with E-state index in [-0.39, 0.29) is 29.6 Å². The van der Waals surface area contributed by atoms with Crippen LogP contribution in [0.4, 0.5) is 0 Å². The summed E-state index contributed by atoms with van der Waals surface area (Å²) in [7, 11) is 0. The number of hydrogen-bond donors (Lipinski definition) is 2. The van der Waals surface area contributed by atoms with Gasteiger partial charge < -0.3 is 20.1 Å². The van der Waals surface area contributed by atoms with Gasteiger partial charge in [0, 0.05) is 12.1 Å². The van der Waals surface area contributed by atoms with Gasteiger partial charge in [-0.1, -0.05) is 12.1 Å². The fourth-order valence-corrected chi connectivity index (χ4v) is 3.67. The molecule has 6 heteroatoms. The largest absolute Gasteiger partial charge is 0.488 e.